The number of aromatic nitrogens is 1. The van der Waals surface area contributed by atoms with Gasteiger partial charge in [0.15, 0.2) is 0 Å². The van der Waals surface area contributed by atoms with Crippen LogP contribution in [-0.2, 0) is 6.54 Å². The molecule has 2 N–H and O–H groups in total. The predicted octanol–water partition coefficient (Wildman–Crippen LogP) is 3.11. The average molecular weight is 271 g/mol. The lowest BCUT2D eigenvalue weighted by molar-refractivity contribution is 0.187. The standard InChI is InChI=1S/C16H21N3O/c1-11(12-7-8-12)19(2)16(20)17-10-14-9-13-5-3-4-6-15(13)18-14/h3-6,9,11-12,18H,7-8,10H2,1-2H3,(H,17,20)/t11-/m1/s1. The van der Waals surface area contributed by atoms with Crippen LogP contribution in [0, 0.1) is 5.92 Å². The van der Waals surface area contributed by atoms with Crippen LogP contribution >= 0.6 is 0 Å². The second-order valence-corrected chi connectivity index (χ2v) is 5.73. The maximum Gasteiger partial charge on any atom is 0.317 e. The van der Waals surface area contributed by atoms with Crippen molar-refractivity contribution in [3.63, 3.8) is 0 Å². The van der Waals surface area contributed by atoms with Crippen molar-refractivity contribution < 1.29 is 4.79 Å². The summed E-state index contributed by atoms with van der Waals surface area (Å²) < 4.78 is 0. The Bertz CT molecular complexity index is 582. The van der Waals surface area contributed by atoms with E-state index in [-0.39, 0.29) is 6.03 Å². The zero-order valence-electron chi connectivity index (χ0n) is 12.0. The number of rotatable bonds is 4. The van der Waals surface area contributed by atoms with Crippen molar-refractivity contribution >= 4 is 16.9 Å². The molecule has 1 atom stereocenters. The number of H-pyrrole nitrogens is 1. The first-order valence-electron chi connectivity index (χ1n) is 7.22. The van der Waals surface area contributed by atoms with Gasteiger partial charge < -0.3 is 15.2 Å². The van der Waals surface area contributed by atoms with Crippen LogP contribution in [0.4, 0.5) is 4.79 Å². The number of para-hydroxylation sites is 1. The number of benzene rings is 1. The molecule has 1 saturated carbocycles. The summed E-state index contributed by atoms with van der Waals surface area (Å²) in [5.41, 5.74) is 2.14. The largest absolute Gasteiger partial charge is 0.357 e. The lowest BCUT2D eigenvalue weighted by Gasteiger charge is -2.25. The molecule has 1 aliphatic rings. The molecule has 4 heteroatoms. The van der Waals surface area contributed by atoms with Gasteiger partial charge in [0, 0.05) is 24.3 Å². The SMILES string of the molecule is C[C@H](C1CC1)N(C)C(=O)NCc1cc2ccccc2[nH]1. The summed E-state index contributed by atoms with van der Waals surface area (Å²) in [6, 6.07) is 10.6. The summed E-state index contributed by atoms with van der Waals surface area (Å²) in [5, 5.41) is 4.16. The average Bonchev–Trinajstić information content (AvgIpc) is 3.22. The van der Waals surface area contributed by atoms with E-state index in [1.165, 1.54) is 18.2 Å². The Labute approximate surface area is 119 Å². The van der Waals surface area contributed by atoms with Crippen molar-refractivity contribution in [1.82, 2.24) is 15.2 Å². The highest BCUT2D eigenvalue weighted by molar-refractivity contribution is 5.80. The van der Waals surface area contributed by atoms with E-state index in [1.807, 2.05) is 30.1 Å². The quantitative estimate of drug-likeness (QED) is 0.882. The zero-order valence-corrected chi connectivity index (χ0v) is 12.0. The molecule has 20 heavy (non-hydrogen) atoms. The summed E-state index contributed by atoms with van der Waals surface area (Å²) in [7, 11) is 1.88. The molecule has 1 heterocycles. The number of carbonyl (C=O) groups is 1. The van der Waals surface area contributed by atoms with E-state index >= 15 is 0 Å². The molecular formula is C16H21N3O. The fourth-order valence-electron chi connectivity index (χ4n) is 2.60. The van der Waals surface area contributed by atoms with Gasteiger partial charge >= 0.3 is 6.03 Å². The van der Waals surface area contributed by atoms with Gasteiger partial charge in [-0.05, 0) is 43.2 Å². The molecule has 2 aromatic rings. The molecule has 1 aromatic carbocycles. The Kier molecular flexibility index (Phi) is 3.38. The van der Waals surface area contributed by atoms with Gasteiger partial charge in [0.1, 0.15) is 0 Å². The highest BCUT2D eigenvalue weighted by Crippen LogP contribution is 2.34. The number of nitrogens with zero attached hydrogens (tertiary/aromatic N) is 1. The Balaban J connectivity index is 1.59. The minimum absolute atomic E-state index is 0.00283. The number of aromatic amines is 1. The van der Waals surface area contributed by atoms with Crippen LogP contribution in [0.25, 0.3) is 10.9 Å². The number of urea groups is 1. The van der Waals surface area contributed by atoms with Crippen LogP contribution < -0.4 is 5.32 Å². The second kappa shape index (κ2) is 5.19. The molecule has 0 aliphatic heterocycles. The van der Waals surface area contributed by atoms with Crippen molar-refractivity contribution in [2.24, 2.45) is 5.92 Å². The summed E-state index contributed by atoms with van der Waals surface area (Å²) >= 11 is 0. The predicted molar refractivity (Wildman–Crippen MR) is 80.5 cm³/mol. The van der Waals surface area contributed by atoms with E-state index in [9.17, 15) is 4.79 Å². The number of nitrogens with one attached hydrogen (secondary N) is 2. The Morgan fingerprint density at radius 3 is 2.90 bits per heavy atom. The Hall–Kier alpha value is -1.97. The maximum atomic E-state index is 12.1. The molecule has 106 valence electrons. The van der Waals surface area contributed by atoms with Crippen LogP contribution in [0.1, 0.15) is 25.5 Å². The van der Waals surface area contributed by atoms with Crippen molar-refractivity contribution in [2.45, 2.75) is 32.4 Å². The van der Waals surface area contributed by atoms with Gasteiger partial charge in [-0.25, -0.2) is 4.79 Å². The smallest absolute Gasteiger partial charge is 0.317 e. The summed E-state index contributed by atoms with van der Waals surface area (Å²) in [6.45, 7) is 2.66. The zero-order chi connectivity index (χ0) is 14.1. The van der Waals surface area contributed by atoms with Crippen molar-refractivity contribution in [3.05, 3.63) is 36.0 Å². The monoisotopic (exact) mass is 271 g/mol. The van der Waals surface area contributed by atoms with Crippen molar-refractivity contribution in [1.29, 1.82) is 0 Å². The van der Waals surface area contributed by atoms with Crippen LogP contribution in [0.5, 0.6) is 0 Å². The molecule has 0 bridgehead atoms. The molecule has 1 aromatic heterocycles. The number of hydrogen-bond acceptors (Lipinski definition) is 1. The van der Waals surface area contributed by atoms with Gasteiger partial charge in [0.05, 0.1) is 6.54 Å². The topological polar surface area (TPSA) is 48.1 Å². The van der Waals surface area contributed by atoms with Crippen LogP contribution in [-0.4, -0.2) is 29.0 Å². The first kappa shape index (κ1) is 13.0. The lowest BCUT2D eigenvalue weighted by atomic mass is 10.2. The maximum absolute atomic E-state index is 12.1. The number of amides is 2. The van der Waals surface area contributed by atoms with Gasteiger partial charge in [-0.2, -0.15) is 0 Å². The third-order valence-electron chi connectivity index (χ3n) is 4.25. The van der Waals surface area contributed by atoms with Gasteiger partial charge in [-0.3, -0.25) is 0 Å². The minimum Gasteiger partial charge on any atom is -0.357 e. The van der Waals surface area contributed by atoms with Gasteiger partial charge in [0.25, 0.3) is 0 Å². The molecule has 0 radical (unpaired) electrons. The number of carbonyl (C=O) groups excluding carboxylic acids is 1. The van der Waals surface area contributed by atoms with Gasteiger partial charge in [-0.1, -0.05) is 18.2 Å². The van der Waals surface area contributed by atoms with E-state index in [0.717, 1.165) is 11.2 Å². The minimum atomic E-state index is 0.00283. The van der Waals surface area contributed by atoms with Crippen LogP contribution in [0.2, 0.25) is 0 Å². The fourth-order valence-corrected chi connectivity index (χ4v) is 2.60. The third kappa shape index (κ3) is 2.64. The summed E-state index contributed by atoms with van der Waals surface area (Å²) in [4.78, 5) is 17.2. The normalized spacial score (nSPS) is 16.1. The van der Waals surface area contributed by atoms with E-state index < -0.39 is 0 Å². The van der Waals surface area contributed by atoms with Gasteiger partial charge in [0.2, 0.25) is 0 Å². The Morgan fingerprint density at radius 1 is 1.45 bits per heavy atom. The first-order valence-corrected chi connectivity index (χ1v) is 7.22. The third-order valence-corrected chi connectivity index (χ3v) is 4.25. The second-order valence-electron chi connectivity index (χ2n) is 5.73. The van der Waals surface area contributed by atoms with Gasteiger partial charge in [-0.15, -0.1) is 0 Å². The van der Waals surface area contributed by atoms with Crippen molar-refractivity contribution in [2.75, 3.05) is 7.05 Å². The highest BCUT2D eigenvalue weighted by atomic mass is 16.2. The highest BCUT2D eigenvalue weighted by Gasteiger charge is 2.32. The molecule has 2 amide bonds. The molecule has 0 spiro atoms. The molecule has 0 unspecified atom stereocenters. The lowest BCUT2D eigenvalue weighted by Crippen LogP contribution is -2.43. The molecule has 0 saturated heterocycles. The number of fused-ring (bicyclic) bond motifs is 1. The molecule has 1 fully saturated rings. The van der Waals surface area contributed by atoms with E-state index in [4.69, 9.17) is 0 Å². The van der Waals surface area contributed by atoms with Crippen LogP contribution in [0.3, 0.4) is 0 Å². The molecular weight excluding hydrogens is 250 g/mol. The Morgan fingerprint density at radius 2 is 2.20 bits per heavy atom. The van der Waals surface area contributed by atoms with Crippen molar-refractivity contribution in [3.8, 4) is 0 Å². The van der Waals surface area contributed by atoms with E-state index in [2.05, 4.69) is 29.4 Å². The summed E-state index contributed by atoms with van der Waals surface area (Å²) in [6.07, 6.45) is 2.50. The summed E-state index contributed by atoms with van der Waals surface area (Å²) in [5.74, 6) is 0.693. The van der Waals surface area contributed by atoms with E-state index in [1.54, 1.807) is 0 Å². The number of hydrogen-bond donors (Lipinski definition) is 2. The molecule has 3 rings (SSSR count). The molecule has 4 nitrogen and oxygen atoms in total. The molecule has 1 aliphatic carbocycles. The van der Waals surface area contributed by atoms with E-state index in [0.29, 0.717) is 18.5 Å². The first-order chi connectivity index (χ1) is 9.65. The van der Waals surface area contributed by atoms with Crippen LogP contribution in [0.15, 0.2) is 30.3 Å². The fraction of sp³-hybridized carbons (Fsp3) is 0.438.